The lowest BCUT2D eigenvalue weighted by Gasteiger charge is -2.43. The third kappa shape index (κ3) is 4.52. The van der Waals surface area contributed by atoms with Crippen LogP contribution in [-0.4, -0.2) is 63.8 Å². The quantitative estimate of drug-likeness (QED) is 0.511. The molecule has 37 heavy (non-hydrogen) atoms. The highest BCUT2D eigenvalue weighted by atomic mass is 35.5. The van der Waals surface area contributed by atoms with Crippen molar-refractivity contribution in [3.63, 3.8) is 0 Å². The number of carbonyl (C=O) groups excluding carboxylic acids is 1. The molecule has 3 fully saturated rings. The van der Waals surface area contributed by atoms with Crippen molar-refractivity contribution in [2.75, 3.05) is 31.6 Å². The van der Waals surface area contributed by atoms with Crippen LogP contribution in [0.4, 0.5) is 5.82 Å². The van der Waals surface area contributed by atoms with Crippen LogP contribution >= 0.6 is 11.6 Å². The maximum Gasteiger partial charge on any atom is 0.229 e. The molecule has 1 saturated carbocycles. The number of aliphatic hydroxyl groups is 1. The summed E-state index contributed by atoms with van der Waals surface area (Å²) in [7, 11) is 0. The number of pyridine rings is 2. The van der Waals surface area contributed by atoms with Crippen LogP contribution in [0, 0.1) is 11.8 Å². The second-order valence-electron chi connectivity index (χ2n) is 11.1. The number of fused-ring (bicyclic) bond motifs is 1. The van der Waals surface area contributed by atoms with E-state index in [2.05, 4.69) is 40.1 Å². The SMILES string of the molecule is C[C@@H]1[C@H](C(=O)Nc2cc3cc(C4CCN([C@]5(C)COC[C@@H]5O)CC4)c(Cl)cc3cn2)[C@@H]1c1ccccn1. The van der Waals surface area contributed by atoms with Crippen molar-refractivity contribution in [2.45, 2.75) is 50.2 Å². The van der Waals surface area contributed by atoms with Crippen molar-refractivity contribution in [2.24, 2.45) is 11.8 Å². The number of anilines is 1. The minimum atomic E-state index is -0.452. The predicted molar refractivity (Wildman–Crippen MR) is 144 cm³/mol. The molecule has 2 saturated heterocycles. The number of aromatic nitrogens is 2. The van der Waals surface area contributed by atoms with Gasteiger partial charge < -0.3 is 15.2 Å². The van der Waals surface area contributed by atoms with E-state index >= 15 is 0 Å². The third-order valence-electron chi connectivity index (χ3n) is 8.84. The Morgan fingerprint density at radius 1 is 1.19 bits per heavy atom. The van der Waals surface area contributed by atoms with Gasteiger partial charge in [0.1, 0.15) is 5.82 Å². The fourth-order valence-corrected chi connectivity index (χ4v) is 6.65. The molecular formula is C29H33ClN4O3. The number of nitrogens with zero attached hydrogens (tertiary/aromatic N) is 3. The molecule has 0 bridgehead atoms. The summed E-state index contributed by atoms with van der Waals surface area (Å²) in [5, 5.41) is 16.2. The van der Waals surface area contributed by atoms with Crippen molar-refractivity contribution in [1.82, 2.24) is 14.9 Å². The second kappa shape index (κ2) is 9.62. The maximum absolute atomic E-state index is 13.0. The minimum absolute atomic E-state index is 0.0110. The molecule has 0 radical (unpaired) electrons. The molecule has 0 spiro atoms. The zero-order valence-electron chi connectivity index (χ0n) is 21.2. The number of nitrogens with one attached hydrogen (secondary N) is 1. The van der Waals surface area contributed by atoms with E-state index in [9.17, 15) is 9.90 Å². The molecule has 2 N–H and O–H groups in total. The number of likely N-dealkylation sites (tertiary alicyclic amines) is 1. The molecule has 4 heterocycles. The number of hydrogen-bond donors (Lipinski definition) is 2. The molecule has 8 heteroatoms. The Bertz CT molecular complexity index is 1310. The number of amides is 1. The van der Waals surface area contributed by atoms with E-state index in [0.717, 1.165) is 53.0 Å². The molecule has 1 aromatic carbocycles. The average molecular weight is 521 g/mol. The van der Waals surface area contributed by atoms with E-state index in [0.29, 0.717) is 24.9 Å². The topological polar surface area (TPSA) is 87.6 Å². The van der Waals surface area contributed by atoms with E-state index in [1.165, 1.54) is 0 Å². The van der Waals surface area contributed by atoms with Gasteiger partial charge in [-0.2, -0.15) is 0 Å². The van der Waals surface area contributed by atoms with Crippen LogP contribution in [0.3, 0.4) is 0 Å². The zero-order chi connectivity index (χ0) is 25.7. The first-order valence-corrected chi connectivity index (χ1v) is 13.5. The summed E-state index contributed by atoms with van der Waals surface area (Å²) >= 11 is 6.74. The van der Waals surface area contributed by atoms with Gasteiger partial charge in [0.05, 0.1) is 30.8 Å². The highest BCUT2D eigenvalue weighted by Crippen LogP contribution is 2.53. The van der Waals surface area contributed by atoms with E-state index in [4.69, 9.17) is 16.3 Å². The number of benzene rings is 1. The monoisotopic (exact) mass is 520 g/mol. The maximum atomic E-state index is 13.0. The first-order valence-electron chi connectivity index (χ1n) is 13.2. The first-order chi connectivity index (χ1) is 17.8. The largest absolute Gasteiger partial charge is 0.389 e. The highest BCUT2D eigenvalue weighted by molar-refractivity contribution is 6.32. The Labute approximate surface area is 222 Å². The summed E-state index contributed by atoms with van der Waals surface area (Å²) in [6.45, 7) is 6.95. The van der Waals surface area contributed by atoms with Crippen molar-refractivity contribution in [3.05, 3.63) is 65.1 Å². The number of ether oxygens (including phenoxy) is 1. The van der Waals surface area contributed by atoms with Crippen LogP contribution in [0.2, 0.25) is 5.02 Å². The molecule has 3 aliphatic rings. The fraction of sp³-hybridized carbons (Fsp3) is 0.483. The van der Waals surface area contributed by atoms with Crippen LogP contribution in [0.5, 0.6) is 0 Å². The Balaban J connectivity index is 1.16. The molecular weight excluding hydrogens is 488 g/mol. The van der Waals surface area contributed by atoms with Gasteiger partial charge >= 0.3 is 0 Å². The zero-order valence-corrected chi connectivity index (χ0v) is 22.0. The van der Waals surface area contributed by atoms with Gasteiger partial charge in [0, 0.05) is 34.4 Å². The summed E-state index contributed by atoms with van der Waals surface area (Å²) < 4.78 is 5.54. The number of halogens is 1. The van der Waals surface area contributed by atoms with Crippen molar-refractivity contribution in [3.8, 4) is 0 Å². The average Bonchev–Trinajstić information content (AvgIpc) is 3.47. The van der Waals surface area contributed by atoms with Crippen molar-refractivity contribution < 1.29 is 14.6 Å². The van der Waals surface area contributed by atoms with E-state index < -0.39 is 6.10 Å². The summed E-state index contributed by atoms with van der Waals surface area (Å²) in [5.74, 6) is 1.20. The van der Waals surface area contributed by atoms with Gasteiger partial charge in [-0.25, -0.2) is 4.98 Å². The molecule has 1 aliphatic carbocycles. The number of aliphatic hydroxyl groups excluding tert-OH is 1. The number of carbonyl (C=O) groups is 1. The molecule has 2 aromatic heterocycles. The van der Waals surface area contributed by atoms with E-state index in [-0.39, 0.29) is 29.2 Å². The van der Waals surface area contributed by atoms with Gasteiger partial charge in [0.25, 0.3) is 0 Å². The molecule has 2 aliphatic heterocycles. The van der Waals surface area contributed by atoms with Gasteiger partial charge in [0.2, 0.25) is 5.91 Å². The molecule has 1 amide bonds. The van der Waals surface area contributed by atoms with Crippen LogP contribution in [0.25, 0.3) is 10.8 Å². The smallest absolute Gasteiger partial charge is 0.229 e. The third-order valence-corrected chi connectivity index (χ3v) is 9.17. The minimum Gasteiger partial charge on any atom is -0.389 e. The number of hydrogen-bond acceptors (Lipinski definition) is 6. The van der Waals surface area contributed by atoms with Crippen LogP contribution in [-0.2, 0) is 9.53 Å². The van der Waals surface area contributed by atoms with Gasteiger partial charge in [-0.3, -0.25) is 14.7 Å². The summed E-state index contributed by atoms with van der Waals surface area (Å²) in [5.41, 5.74) is 1.79. The molecule has 3 aromatic rings. The lowest BCUT2D eigenvalue weighted by molar-refractivity contribution is -0.117. The van der Waals surface area contributed by atoms with Crippen LogP contribution in [0.15, 0.2) is 48.8 Å². The van der Waals surface area contributed by atoms with E-state index in [1.807, 2.05) is 30.3 Å². The van der Waals surface area contributed by atoms with Gasteiger partial charge in [-0.15, -0.1) is 0 Å². The van der Waals surface area contributed by atoms with Crippen LogP contribution in [0.1, 0.15) is 49.8 Å². The summed E-state index contributed by atoms with van der Waals surface area (Å²) in [6, 6.07) is 11.9. The molecule has 6 rings (SSSR count). The Morgan fingerprint density at radius 3 is 2.70 bits per heavy atom. The second-order valence-corrected chi connectivity index (χ2v) is 11.5. The lowest BCUT2D eigenvalue weighted by atomic mass is 9.85. The summed E-state index contributed by atoms with van der Waals surface area (Å²) in [4.78, 5) is 24.3. The predicted octanol–water partition coefficient (Wildman–Crippen LogP) is 4.60. The standard InChI is InChI=1S/C29H33ClN4O3/c1-17-26(23-5-3-4-8-31-23)27(17)28(36)33-25-13-19-11-21(22(30)12-20(19)14-32-25)18-6-9-34(10-7-18)29(2)16-37-15-24(29)35/h3-5,8,11-14,17-18,24,26-27,35H,6-7,9-10,15-16H2,1-2H3,(H,32,33,36)/t17-,24-,26-,27-,29+/m0/s1. The molecule has 0 unspecified atom stereocenters. The van der Waals surface area contributed by atoms with Gasteiger partial charge in [-0.1, -0.05) is 24.6 Å². The number of piperidine rings is 1. The highest BCUT2D eigenvalue weighted by Gasteiger charge is 2.53. The van der Waals surface area contributed by atoms with Gasteiger partial charge in [0.15, 0.2) is 0 Å². The van der Waals surface area contributed by atoms with Crippen LogP contribution < -0.4 is 5.32 Å². The van der Waals surface area contributed by atoms with Gasteiger partial charge in [-0.05, 0) is 86.0 Å². The Kier molecular flexibility index (Phi) is 6.43. The fourth-order valence-electron chi connectivity index (χ4n) is 6.32. The molecule has 7 nitrogen and oxygen atoms in total. The van der Waals surface area contributed by atoms with Crippen molar-refractivity contribution in [1.29, 1.82) is 0 Å². The molecule has 194 valence electrons. The summed E-state index contributed by atoms with van der Waals surface area (Å²) in [6.07, 6.45) is 5.04. The Morgan fingerprint density at radius 2 is 2.00 bits per heavy atom. The Hall–Kier alpha value is -2.58. The molecule has 5 atom stereocenters. The first kappa shape index (κ1) is 24.7. The number of rotatable bonds is 5. The van der Waals surface area contributed by atoms with Crippen molar-refractivity contribution >= 4 is 34.1 Å². The van der Waals surface area contributed by atoms with E-state index in [1.54, 1.807) is 12.4 Å². The lowest BCUT2D eigenvalue weighted by Crippen LogP contribution is -2.56. The normalized spacial score (nSPS) is 30.5.